The smallest absolute Gasteiger partial charge is 0.150 e. The molecular weight excluding hydrogens is 246 g/mol. The minimum Gasteiger partial charge on any atom is -0.455 e. The summed E-state index contributed by atoms with van der Waals surface area (Å²) in [7, 11) is 0. The molecule has 2 nitrogen and oxygen atoms in total. The van der Waals surface area contributed by atoms with Crippen molar-refractivity contribution in [2.24, 2.45) is 0 Å². The number of halogens is 1. The predicted molar refractivity (Wildman–Crippen MR) is 76.6 cm³/mol. The molecule has 2 rings (SSSR count). The first-order chi connectivity index (χ1) is 8.47. The summed E-state index contributed by atoms with van der Waals surface area (Å²) in [4.78, 5) is 0. The molecule has 0 amide bonds. The fraction of sp³-hybridized carbons (Fsp3) is 0.200. The summed E-state index contributed by atoms with van der Waals surface area (Å²) in [5, 5.41) is 0.777. The summed E-state index contributed by atoms with van der Waals surface area (Å²) >= 11 is 6.13. The van der Waals surface area contributed by atoms with Crippen molar-refractivity contribution >= 4 is 17.3 Å². The summed E-state index contributed by atoms with van der Waals surface area (Å²) in [5.41, 5.74) is 9.63. The molecule has 0 aliphatic carbocycles. The molecule has 0 aliphatic heterocycles. The van der Waals surface area contributed by atoms with E-state index in [0.717, 1.165) is 27.5 Å². The normalized spacial score (nSPS) is 10.4. The third-order valence-electron chi connectivity index (χ3n) is 2.81. The predicted octanol–water partition coefficient (Wildman–Crippen LogP) is 4.64. The number of nitrogen functional groups attached to an aromatic ring is 1. The molecular formula is C15H16ClNO. The van der Waals surface area contributed by atoms with Crippen molar-refractivity contribution in [2.45, 2.75) is 20.8 Å². The van der Waals surface area contributed by atoms with Crippen LogP contribution in [0.1, 0.15) is 16.7 Å². The van der Waals surface area contributed by atoms with Crippen molar-refractivity contribution in [3.63, 3.8) is 0 Å². The number of benzene rings is 2. The van der Waals surface area contributed by atoms with Crippen LogP contribution in [0.25, 0.3) is 0 Å². The highest BCUT2D eigenvalue weighted by Crippen LogP contribution is 2.32. The van der Waals surface area contributed by atoms with Crippen LogP contribution in [0.2, 0.25) is 5.02 Å². The fourth-order valence-electron chi connectivity index (χ4n) is 1.82. The van der Waals surface area contributed by atoms with Gasteiger partial charge in [-0.3, -0.25) is 0 Å². The summed E-state index contributed by atoms with van der Waals surface area (Å²) in [5.74, 6) is 1.43. The molecule has 0 unspecified atom stereocenters. The van der Waals surface area contributed by atoms with Gasteiger partial charge in [-0.15, -0.1) is 0 Å². The molecule has 2 aromatic carbocycles. The second kappa shape index (κ2) is 4.91. The van der Waals surface area contributed by atoms with E-state index in [9.17, 15) is 0 Å². The minimum absolute atomic E-state index is 0.630. The Bertz CT molecular complexity index is 570. The molecule has 0 spiro atoms. The molecule has 0 aliphatic rings. The molecule has 0 fully saturated rings. The molecule has 2 aromatic rings. The zero-order chi connectivity index (χ0) is 13.3. The Morgan fingerprint density at radius 2 is 1.61 bits per heavy atom. The van der Waals surface area contributed by atoms with E-state index >= 15 is 0 Å². The number of anilines is 1. The number of nitrogens with two attached hydrogens (primary N) is 1. The second-order valence-corrected chi connectivity index (χ2v) is 4.89. The van der Waals surface area contributed by atoms with Gasteiger partial charge in [-0.25, -0.2) is 0 Å². The molecule has 94 valence electrons. The number of aryl methyl sites for hydroxylation is 3. The number of hydrogen-bond acceptors (Lipinski definition) is 2. The standard InChI is InChI=1S/C15H16ClNO/c1-9-4-5-13(17)14(6-9)18-12-7-10(2)15(16)11(3)8-12/h4-8H,17H2,1-3H3. The van der Waals surface area contributed by atoms with Gasteiger partial charge in [-0.1, -0.05) is 17.7 Å². The quantitative estimate of drug-likeness (QED) is 0.800. The highest BCUT2D eigenvalue weighted by Gasteiger charge is 2.06. The van der Waals surface area contributed by atoms with E-state index in [4.69, 9.17) is 22.1 Å². The highest BCUT2D eigenvalue weighted by molar-refractivity contribution is 6.32. The van der Waals surface area contributed by atoms with Gasteiger partial charge >= 0.3 is 0 Å². The van der Waals surface area contributed by atoms with Crippen LogP contribution in [0.4, 0.5) is 5.69 Å². The van der Waals surface area contributed by atoms with Gasteiger partial charge < -0.3 is 10.5 Å². The van der Waals surface area contributed by atoms with Crippen molar-refractivity contribution in [2.75, 3.05) is 5.73 Å². The van der Waals surface area contributed by atoms with Crippen LogP contribution in [-0.4, -0.2) is 0 Å². The zero-order valence-corrected chi connectivity index (χ0v) is 11.5. The zero-order valence-electron chi connectivity index (χ0n) is 10.8. The van der Waals surface area contributed by atoms with Crippen molar-refractivity contribution in [1.29, 1.82) is 0 Å². The van der Waals surface area contributed by atoms with E-state index in [1.54, 1.807) is 0 Å². The first kappa shape index (κ1) is 12.8. The van der Waals surface area contributed by atoms with Gasteiger partial charge in [-0.05, 0) is 61.7 Å². The number of hydrogen-bond donors (Lipinski definition) is 1. The average molecular weight is 262 g/mol. The van der Waals surface area contributed by atoms with Crippen molar-refractivity contribution < 1.29 is 4.74 Å². The molecule has 0 aromatic heterocycles. The highest BCUT2D eigenvalue weighted by atomic mass is 35.5. The Balaban J connectivity index is 2.37. The maximum atomic E-state index is 6.13. The second-order valence-electron chi connectivity index (χ2n) is 4.51. The van der Waals surface area contributed by atoms with Gasteiger partial charge in [-0.2, -0.15) is 0 Å². The summed E-state index contributed by atoms with van der Waals surface area (Å²) < 4.78 is 5.82. The van der Waals surface area contributed by atoms with E-state index in [1.807, 2.05) is 51.1 Å². The Kier molecular flexibility index (Phi) is 3.48. The maximum absolute atomic E-state index is 6.13. The van der Waals surface area contributed by atoms with Crippen molar-refractivity contribution in [3.8, 4) is 11.5 Å². The molecule has 2 N–H and O–H groups in total. The first-order valence-electron chi connectivity index (χ1n) is 5.78. The number of ether oxygens (including phenoxy) is 1. The molecule has 0 atom stereocenters. The molecule has 0 bridgehead atoms. The van der Waals surface area contributed by atoms with Gasteiger partial charge in [0.15, 0.2) is 5.75 Å². The molecule has 3 heteroatoms. The van der Waals surface area contributed by atoms with E-state index in [0.29, 0.717) is 11.4 Å². The van der Waals surface area contributed by atoms with Crippen LogP contribution in [-0.2, 0) is 0 Å². The molecule has 0 saturated heterocycles. The van der Waals surface area contributed by atoms with Crippen LogP contribution in [0.5, 0.6) is 11.5 Å². The average Bonchev–Trinajstić information content (AvgIpc) is 2.31. The lowest BCUT2D eigenvalue weighted by molar-refractivity contribution is 0.484. The van der Waals surface area contributed by atoms with E-state index < -0.39 is 0 Å². The van der Waals surface area contributed by atoms with E-state index in [1.165, 1.54) is 0 Å². The van der Waals surface area contributed by atoms with Crippen LogP contribution < -0.4 is 10.5 Å². The van der Waals surface area contributed by atoms with Crippen LogP contribution in [0, 0.1) is 20.8 Å². The Hall–Kier alpha value is -1.67. The molecule has 18 heavy (non-hydrogen) atoms. The lowest BCUT2D eigenvalue weighted by Gasteiger charge is -2.12. The SMILES string of the molecule is Cc1ccc(N)c(Oc2cc(C)c(Cl)c(C)c2)c1. The first-order valence-corrected chi connectivity index (χ1v) is 6.16. The monoisotopic (exact) mass is 261 g/mol. The van der Waals surface area contributed by atoms with E-state index in [-0.39, 0.29) is 0 Å². The van der Waals surface area contributed by atoms with Gasteiger partial charge in [0.05, 0.1) is 5.69 Å². The summed E-state index contributed by atoms with van der Waals surface area (Å²) in [6.07, 6.45) is 0. The topological polar surface area (TPSA) is 35.2 Å². The third-order valence-corrected chi connectivity index (χ3v) is 3.40. The Labute approximate surface area is 112 Å². The molecule has 0 saturated carbocycles. The van der Waals surface area contributed by atoms with Crippen LogP contribution in [0.3, 0.4) is 0 Å². The lowest BCUT2D eigenvalue weighted by atomic mass is 10.1. The maximum Gasteiger partial charge on any atom is 0.150 e. The van der Waals surface area contributed by atoms with Gasteiger partial charge in [0.1, 0.15) is 5.75 Å². The van der Waals surface area contributed by atoms with Crippen LogP contribution in [0.15, 0.2) is 30.3 Å². The van der Waals surface area contributed by atoms with Crippen molar-refractivity contribution in [3.05, 3.63) is 52.0 Å². The number of rotatable bonds is 2. The molecule has 0 radical (unpaired) electrons. The van der Waals surface area contributed by atoms with Gasteiger partial charge in [0, 0.05) is 5.02 Å². The van der Waals surface area contributed by atoms with Crippen molar-refractivity contribution in [1.82, 2.24) is 0 Å². The van der Waals surface area contributed by atoms with Crippen LogP contribution >= 0.6 is 11.6 Å². The Morgan fingerprint density at radius 1 is 1.00 bits per heavy atom. The fourth-order valence-corrected chi connectivity index (χ4v) is 1.93. The Morgan fingerprint density at radius 3 is 2.22 bits per heavy atom. The van der Waals surface area contributed by atoms with Gasteiger partial charge in [0.25, 0.3) is 0 Å². The largest absolute Gasteiger partial charge is 0.455 e. The summed E-state index contributed by atoms with van der Waals surface area (Å²) in [6.45, 7) is 5.92. The lowest BCUT2D eigenvalue weighted by Crippen LogP contribution is -1.94. The minimum atomic E-state index is 0.630. The van der Waals surface area contributed by atoms with E-state index in [2.05, 4.69) is 0 Å². The third kappa shape index (κ3) is 2.59. The molecule has 0 heterocycles. The summed E-state index contributed by atoms with van der Waals surface area (Å²) in [6, 6.07) is 9.56. The van der Waals surface area contributed by atoms with Gasteiger partial charge in [0.2, 0.25) is 0 Å².